The molecule has 3 fully saturated rings. The molecule has 0 unspecified atom stereocenters. The van der Waals surface area contributed by atoms with Gasteiger partial charge in [-0.25, -0.2) is 0 Å². The van der Waals surface area contributed by atoms with Gasteiger partial charge < -0.3 is 29.9 Å². The minimum atomic E-state index is -0.00312. The number of hydrogen-bond donors (Lipinski definition) is 2. The van der Waals surface area contributed by atoms with E-state index in [9.17, 15) is 0 Å². The summed E-state index contributed by atoms with van der Waals surface area (Å²) in [7, 11) is 0. The van der Waals surface area contributed by atoms with Crippen molar-refractivity contribution >= 4 is 34.9 Å². The quantitative estimate of drug-likeness (QED) is 0.567. The molecule has 0 spiro atoms. The molecule has 8 nitrogen and oxygen atoms in total. The van der Waals surface area contributed by atoms with E-state index in [1.807, 2.05) is 0 Å². The maximum Gasteiger partial charge on any atom is 0.232 e. The summed E-state index contributed by atoms with van der Waals surface area (Å²) >= 11 is 5.74. The van der Waals surface area contributed by atoms with Crippen LogP contribution >= 0.6 is 12.2 Å². The van der Waals surface area contributed by atoms with E-state index >= 15 is 0 Å². The molecule has 0 bridgehead atoms. The second kappa shape index (κ2) is 11.7. The second-order valence-corrected chi connectivity index (χ2v) is 10.7. The number of rotatable bonds is 6. The van der Waals surface area contributed by atoms with E-state index in [0.717, 1.165) is 70.4 Å². The molecule has 3 aliphatic heterocycles. The first-order chi connectivity index (χ1) is 17.6. The summed E-state index contributed by atoms with van der Waals surface area (Å²) in [6.07, 6.45) is 4.39. The fourth-order valence-corrected chi connectivity index (χ4v) is 5.67. The molecule has 2 N–H and O–H groups in total. The van der Waals surface area contributed by atoms with Crippen molar-refractivity contribution in [3.05, 3.63) is 42.0 Å². The molecular weight excluding hydrogens is 472 g/mol. The minimum Gasteiger partial charge on any atom is -0.381 e. The Kier molecular flexibility index (Phi) is 8.19. The fraction of sp³-hybridized carbons (Fsp3) is 0.593. The van der Waals surface area contributed by atoms with Gasteiger partial charge in [0.25, 0.3) is 0 Å². The predicted octanol–water partition coefficient (Wildman–Crippen LogP) is 3.58. The molecule has 36 heavy (non-hydrogen) atoms. The van der Waals surface area contributed by atoms with Crippen molar-refractivity contribution in [2.75, 3.05) is 74.3 Å². The molecule has 0 aliphatic carbocycles. The summed E-state index contributed by atoms with van der Waals surface area (Å²) in [6.45, 7) is 9.71. The average molecular weight is 511 g/mol. The lowest BCUT2D eigenvalue weighted by Crippen LogP contribution is -2.45. The summed E-state index contributed by atoms with van der Waals surface area (Å²) in [6, 6.07) is 12.8. The molecule has 1 atom stereocenters. The predicted molar refractivity (Wildman–Crippen MR) is 148 cm³/mol. The number of piperidine rings is 1. The van der Waals surface area contributed by atoms with Crippen LogP contribution in [-0.2, 0) is 14.9 Å². The molecule has 3 aliphatic rings. The van der Waals surface area contributed by atoms with Crippen molar-refractivity contribution in [1.29, 1.82) is 0 Å². The zero-order valence-electron chi connectivity index (χ0n) is 21.2. The maximum atomic E-state index is 5.74. The molecule has 0 amide bonds. The first-order valence-electron chi connectivity index (χ1n) is 13.3. The number of morpholine rings is 1. The van der Waals surface area contributed by atoms with Gasteiger partial charge in [0.05, 0.1) is 13.2 Å². The highest BCUT2D eigenvalue weighted by Crippen LogP contribution is 2.34. The molecule has 194 valence electrons. The Balaban J connectivity index is 1.32. The Morgan fingerprint density at radius 1 is 1.00 bits per heavy atom. The van der Waals surface area contributed by atoms with Crippen LogP contribution in [0.15, 0.2) is 36.4 Å². The molecule has 9 heteroatoms. The van der Waals surface area contributed by atoms with Crippen LogP contribution in [0.5, 0.6) is 0 Å². The second-order valence-electron chi connectivity index (χ2n) is 10.3. The van der Waals surface area contributed by atoms with Crippen LogP contribution in [0.2, 0.25) is 0 Å². The van der Waals surface area contributed by atoms with Crippen LogP contribution in [0.3, 0.4) is 0 Å². The van der Waals surface area contributed by atoms with E-state index < -0.39 is 0 Å². The topological polar surface area (TPSA) is 74.8 Å². The van der Waals surface area contributed by atoms with Crippen molar-refractivity contribution in [2.45, 2.75) is 38.0 Å². The zero-order valence-corrected chi connectivity index (χ0v) is 22.1. The van der Waals surface area contributed by atoms with E-state index in [0.29, 0.717) is 30.2 Å². The number of nitrogens with one attached hydrogen (secondary N) is 2. The van der Waals surface area contributed by atoms with Gasteiger partial charge >= 0.3 is 0 Å². The third-order valence-electron chi connectivity index (χ3n) is 7.66. The molecule has 5 rings (SSSR count). The number of aromatic nitrogens is 2. The standard InChI is InChI=1S/C27H38N6O2S/c1-21-6-5-11-33(19-21)24-18-23(32-12-16-35-17-13-32)29-25(30-24)31-26(36)28-20-27(9-14-34-15-10-27)22-7-3-2-4-8-22/h2-4,7-8,18,21H,5-6,9-17,19-20H2,1H3,(H2,28,29,30,31,36)/t21-/m0/s1. The lowest BCUT2D eigenvalue weighted by atomic mass is 9.74. The van der Waals surface area contributed by atoms with E-state index in [4.69, 9.17) is 31.7 Å². The lowest BCUT2D eigenvalue weighted by molar-refractivity contribution is 0.0515. The largest absolute Gasteiger partial charge is 0.381 e. The summed E-state index contributed by atoms with van der Waals surface area (Å²) in [5.74, 6) is 3.10. The molecule has 2 aromatic rings. The van der Waals surface area contributed by atoms with Gasteiger partial charge in [0.15, 0.2) is 5.11 Å². The minimum absolute atomic E-state index is 0.00312. The molecule has 1 aromatic heterocycles. The van der Waals surface area contributed by atoms with Crippen LogP contribution in [0.4, 0.5) is 17.6 Å². The normalized spacial score (nSPS) is 22.2. The van der Waals surface area contributed by atoms with Crippen LogP contribution < -0.4 is 20.4 Å². The molecule has 3 saturated heterocycles. The van der Waals surface area contributed by atoms with Gasteiger partial charge in [0, 0.05) is 57.4 Å². The van der Waals surface area contributed by atoms with Crippen LogP contribution in [0.25, 0.3) is 0 Å². The molecule has 1 aromatic carbocycles. The van der Waals surface area contributed by atoms with Crippen molar-refractivity contribution < 1.29 is 9.47 Å². The number of ether oxygens (including phenoxy) is 2. The van der Waals surface area contributed by atoms with Gasteiger partial charge in [-0.2, -0.15) is 9.97 Å². The van der Waals surface area contributed by atoms with Crippen molar-refractivity contribution in [3.8, 4) is 0 Å². The van der Waals surface area contributed by atoms with Crippen molar-refractivity contribution in [3.63, 3.8) is 0 Å². The lowest BCUT2D eigenvalue weighted by Gasteiger charge is -2.38. The first-order valence-corrected chi connectivity index (χ1v) is 13.7. The Morgan fingerprint density at radius 2 is 1.69 bits per heavy atom. The molecule has 0 saturated carbocycles. The average Bonchev–Trinajstić information content (AvgIpc) is 2.93. The molecular formula is C27H38N6O2S. The van der Waals surface area contributed by atoms with E-state index in [1.165, 1.54) is 18.4 Å². The van der Waals surface area contributed by atoms with E-state index in [1.54, 1.807) is 0 Å². The van der Waals surface area contributed by atoms with Crippen LogP contribution in [0.1, 0.15) is 38.2 Å². The summed E-state index contributed by atoms with van der Waals surface area (Å²) in [5.41, 5.74) is 1.33. The smallest absolute Gasteiger partial charge is 0.232 e. The Labute approximate surface area is 219 Å². The highest BCUT2D eigenvalue weighted by atomic mass is 32.1. The van der Waals surface area contributed by atoms with E-state index in [2.05, 4.69) is 63.8 Å². The third-order valence-corrected chi connectivity index (χ3v) is 7.91. The first kappa shape index (κ1) is 25.2. The van der Waals surface area contributed by atoms with Gasteiger partial charge in [-0.05, 0) is 49.4 Å². The van der Waals surface area contributed by atoms with Gasteiger partial charge in [0.2, 0.25) is 5.95 Å². The van der Waals surface area contributed by atoms with Crippen LogP contribution in [-0.4, -0.2) is 74.2 Å². The van der Waals surface area contributed by atoms with Crippen LogP contribution in [0, 0.1) is 5.92 Å². The van der Waals surface area contributed by atoms with Gasteiger partial charge in [-0.1, -0.05) is 37.3 Å². The number of hydrogen-bond acceptors (Lipinski definition) is 7. The SMILES string of the molecule is C[C@H]1CCCN(c2cc(N3CCOCC3)nc(NC(=S)NCC3(c4ccccc4)CCOCC3)n2)C1. The summed E-state index contributed by atoms with van der Waals surface area (Å²) in [4.78, 5) is 14.4. The monoisotopic (exact) mass is 510 g/mol. The van der Waals surface area contributed by atoms with E-state index in [-0.39, 0.29) is 5.41 Å². The third kappa shape index (κ3) is 6.07. The number of nitrogens with zero attached hydrogens (tertiary/aromatic N) is 4. The Morgan fingerprint density at radius 3 is 2.42 bits per heavy atom. The highest BCUT2D eigenvalue weighted by molar-refractivity contribution is 7.80. The summed E-state index contributed by atoms with van der Waals surface area (Å²) < 4.78 is 11.2. The zero-order chi connectivity index (χ0) is 24.8. The summed E-state index contributed by atoms with van der Waals surface area (Å²) in [5, 5.41) is 7.34. The van der Waals surface area contributed by atoms with Crippen molar-refractivity contribution in [1.82, 2.24) is 15.3 Å². The van der Waals surface area contributed by atoms with Crippen molar-refractivity contribution in [2.24, 2.45) is 5.92 Å². The number of benzene rings is 1. The Hall–Kier alpha value is -2.49. The highest BCUT2D eigenvalue weighted by Gasteiger charge is 2.34. The maximum absolute atomic E-state index is 5.74. The van der Waals surface area contributed by atoms with Gasteiger partial charge in [-0.15, -0.1) is 0 Å². The Bertz CT molecular complexity index is 1010. The fourth-order valence-electron chi connectivity index (χ4n) is 5.51. The molecule has 0 radical (unpaired) electrons. The molecule has 4 heterocycles. The van der Waals surface area contributed by atoms with Gasteiger partial charge in [0.1, 0.15) is 11.6 Å². The van der Waals surface area contributed by atoms with Gasteiger partial charge in [-0.3, -0.25) is 0 Å². The number of thiocarbonyl (C=S) groups is 1. The number of anilines is 3.